The van der Waals surface area contributed by atoms with Crippen molar-refractivity contribution < 1.29 is 9.53 Å². The molecule has 168 valence electrons. The predicted octanol–water partition coefficient (Wildman–Crippen LogP) is 4.88. The van der Waals surface area contributed by atoms with Gasteiger partial charge in [-0.2, -0.15) is 0 Å². The Hall–Kier alpha value is -1.81. The van der Waals surface area contributed by atoms with E-state index in [4.69, 9.17) is 4.74 Å². The van der Waals surface area contributed by atoms with Crippen molar-refractivity contribution in [3.8, 4) is 0 Å². The van der Waals surface area contributed by atoms with Gasteiger partial charge in [-0.05, 0) is 69.9 Å². The molecule has 0 bridgehead atoms. The Morgan fingerprint density at radius 1 is 1.13 bits per heavy atom. The lowest BCUT2D eigenvalue weighted by Gasteiger charge is -2.46. The molecule has 1 saturated carbocycles. The molecule has 0 amide bonds. The van der Waals surface area contributed by atoms with Crippen LogP contribution in [0.25, 0.3) is 0 Å². The van der Waals surface area contributed by atoms with Crippen LogP contribution in [0.1, 0.15) is 57.1 Å². The molecule has 31 heavy (non-hydrogen) atoms. The number of anilines is 1. The number of fused-ring (bicyclic) bond motifs is 2. The van der Waals surface area contributed by atoms with Crippen molar-refractivity contribution in [2.75, 3.05) is 37.6 Å². The van der Waals surface area contributed by atoms with Gasteiger partial charge in [-0.15, -0.1) is 0 Å². The Morgan fingerprint density at radius 3 is 2.65 bits per heavy atom. The first-order valence-electron chi connectivity index (χ1n) is 12.3. The lowest BCUT2D eigenvalue weighted by Crippen LogP contribution is -2.49. The quantitative estimate of drug-likeness (QED) is 0.513. The largest absolute Gasteiger partial charge is 0.462 e. The molecule has 1 aromatic carbocycles. The lowest BCUT2D eigenvalue weighted by atomic mass is 9.59. The average molecular weight is 423 g/mol. The highest BCUT2D eigenvalue weighted by atomic mass is 16.6. The second-order valence-corrected chi connectivity index (χ2v) is 10.9. The van der Waals surface area contributed by atoms with Crippen molar-refractivity contribution >= 4 is 11.7 Å². The molecule has 4 aliphatic rings. The molecule has 4 nitrogen and oxygen atoms in total. The summed E-state index contributed by atoms with van der Waals surface area (Å²) >= 11 is 0. The highest BCUT2D eigenvalue weighted by molar-refractivity contribution is 5.76. The SMILES string of the molecule is CC1=C2C[C@@H]3[C@@H](C[C@@]2(C)CCC1)OC(=O)[C@@H]3CN1CCN(c2ccc(C)cc2C)CC1. The van der Waals surface area contributed by atoms with Crippen LogP contribution in [0.3, 0.4) is 0 Å². The maximum absolute atomic E-state index is 12.9. The van der Waals surface area contributed by atoms with E-state index >= 15 is 0 Å². The Bertz CT molecular complexity index is 898. The van der Waals surface area contributed by atoms with E-state index in [9.17, 15) is 4.79 Å². The summed E-state index contributed by atoms with van der Waals surface area (Å²) in [5, 5.41) is 0. The number of benzene rings is 1. The fourth-order valence-corrected chi connectivity index (χ4v) is 6.93. The van der Waals surface area contributed by atoms with Crippen molar-refractivity contribution in [1.29, 1.82) is 0 Å². The Labute approximate surface area is 187 Å². The van der Waals surface area contributed by atoms with E-state index in [1.165, 1.54) is 36.1 Å². The zero-order valence-electron chi connectivity index (χ0n) is 19.7. The van der Waals surface area contributed by atoms with Crippen LogP contribution in [0.2, 0.25) is 0 Å². The number of allylic oxidation sites excluding steroid dienone is 2. The Morgan fingerprint density at radius 2 is 1.90 bits per heavy atom. The zero-order chi connectivity index (χ0) is 21.8. The Balaban J connectivity index is 1.24. The van der Waals surface area contributed by atoms with Crippen LogP contribution in [0, 0.1) is 31.1 Å². The van der Waals surface area contributed by atoms with Crippen LogP contribution in [-0.2, 0) is 9.53 Å². The number of carbonyl (C=O) groups excluding carboxylic acids is 1. The van der Waals surface area contributed by atoms with Crippen LogP contribution in [0.5, 0.6) is 0 Å². The first-order valence-corrected chi connectivity index (χ1v) is 12.3. The summed E-state index contributed by atoms with van der Waals surface area (Å²) in [7, 11) is 0. The molecule has 2 saturated heterocycles. The molecule has 0 spiro atoms. The molecule has 1 aromatic rings. The van der Waals surface area contributed by atoms with Gasteiger partial charge in [-0.25, -0.2) is 0 Å². The number of hydrogen-bond acceptors (Lipinski definition) is 4. The second kappa shape index (κ2) is 7.95. The second-order valence-electron chi connectivity index (χ2n) is 10.9. The number of carbonyl (C=O) groups is 1. The number of ether oxygens (including phenoxy) is 1. The number of esters is 1. The third-order valence-electron chi connectivity index (χ3n) is 8.70. The van der Waals surface area contributed by atoms with Gasteiger partial charge in [-0.1, -0.05) is 35.8 Å². The molecule has 5 rings (SSSR count). The van der Waals surface area contributed by atoms with Crippen LogP contribution in [0.15, 0.2) is 29.3 Å². The highest BCUT2D eigenvalue weighted by Gasteiger charge is 2.53. The first kappa shape index (κ1) is 21.1. The van der Waals surface area contributed by atoms with Gasteiger partial charge in [0.2, 0.25) is 0 Å². The van der Waals surface area contributed by atoms with Crippen molar-refractivity contribution in [2.45, 2.75) is 65.9 Å². The van der Waals surface area contributed by atoms with Crippen molar-refractivity contribution in [2.24, 2.45) is 17.3 Å². The van der Waals surface area contributed by atoms with Gasteiger partial charge in [0.05, 0.1) is 5.92 Å². The fraction of sp³-hybridized carbons (Fsp3) is 0.667. The molecule has 0 N–H and O–H groups in total. The first-order chi connectivity index (χ1) is 14.8. The fourth-order valence-electron chi connectivity index (χ4n) is 6.93. The summed E-state index contributed by atoms with van der Waals surface area (Å²) in [6, 6.07) is 6.75. The van der Waals surface area contributed by atoms with Gasteiger partial charge in [0, 0.05) is 44.3 Å². The van der Waals surface area contributed by atoms with E-state index < -0.39 is 0 Å². The highest BCUT2D eigenvalue weighted by Crippen LogP contribution is 2.55. The normalized spacial score (nSPS) is 33.9. The number of hydrogen-bond donors (Lipinski definition) is 0. The molecule has 4 heteroatoms. The summed E-state index contributed by atoms with van der Waals surface area (Å²) in [6.07, 6.45) is 6.02. The molecular formula is C27H38N2O2. The molecule has 4 atom stereocenters. The van der Waals surface area contributed by atoms with Crippen LogP contribution < -0.4 is 4.90 Å². The van der Waals surface area contributed by atoms with Gasteiger partial charge >= 0.3 is 5.97 Å². The van der Waals surface area contributed by atoms with Gasteiger partial charge in [0.25, 0.3) is 0 Å². The molecule has 2 heterocycles. The number of piperazine rings is 1. The van der Waals surface area contributed by atoms with Crippen LogP contribution in [0.4, 0.5) is 5.69 Å². The predicted molar refractivity (Wildman–Crippen MR) is 125 cm³/mol. The summed E-state index contributed by atoms with van der Waals surface area (Å²) < 4.78 is 5.99. The van der Waals surface area contributed by atoms with Crippen molar-refractivity contribution in [1.82, 2.24) is 4.90 Å². The molecule has 2 aliphatic carbocycles. The van der Waals surface area contributed by atoms with Crippen LogP contribution in [-0.4, -0.2) is 49.7 Å². The third-order valence-corrected chi connectivity index (χ3v) is 8.70. The van der Waals surface area contributed by atoms with Gasteiger partial charge < -0.3 is 9.64 Å². The van der Waals surface area contributed by atoms with Crippen LogP contribution >= 0.6 is 0 Å². The average Bonchev–Trinajstić information content (AvgIpc) is 3.01. The number of rotatable bonds is 3. The monoisotopic (exact) mass is 422 g/mol. The lowest BCUT2D eigenvalue weighted by molar-refractivity contribution is -0.145. The minimum Gasteiger partial charge on any atom is -0.462 e. The minimum absolute atomic E-state index is 0.0458. The van der Waals surface area contributed by atoms with E-state index in [0.29, 0.717) is 5.92 Å². The maximum Gasteiger partial charge on any atom is 0.310 e. The van der Waals surface area contributed by atoms with E-state index in [-0.39, 0.29) is 23.4 Å². The molecule has 0 unspecified atom stereocenters. The van der Waals surface area contributed by atoms with E-state index in [1.807, 2.05) is 0 Å². The summed E-state index contributed by atoms with van der Waals surface area (Å²) in [5.41, 5.74) is 7.54. The molecule has 0 aromatic heterocycles. The number of aryl methyl sites for hydroxylation is 2. The minimum atomic E-state index is 0.0458. The third kappa shape index (κ3) is 3.82. The molecule has 2 aliphatic heterocycles. The molecular weight excluding hydrogens is 384 g/mol. The standard InChI is InChI=1S/C27H38N2O2/c1-18-7-8-24(20(3)14-18)29-12-10-28(11-13-29)17-22-21-15-23-19(2)6-5-9-27(23,4)16-25(21)31-26(22)30/h7-8,14,21-22,25H,5-6,9-13,15-17H2,1-4H3/t21-,22+,25+,27+/m0/s1. The maximum atomic E-state index is 12.9. The zero-order valence-corrected chi connectivity index (χ0v) is 19.7. The van der Waals surface area contributed by atoms with Crippen molar-refractivity contribution in [3.05, 3.63) is 40.5 Å². The smallest absolute Gasteiger partial charge is 0.310 e. The summed E-state index contributed by atoms with van der Waals surface area (Å²) in [5.74, 6) is 0.484. The van der Waals surface area contributed by atoms with Crippen molar-refractivity contribution in [3.63, 3.8) is 0 Å². The van der Waals surface area contributed by atoms with E-state index in [0.717, 1.165) is 45.6 Å². The topological polar surface area (TPSA) is 32.8 Å². The van der Waals surface area contributed by atoms with E-state index in [2.05, 4.69) is 55.7 Å². The summed E-state index contributed by atoms with van der Waals surface area (Å²) in [6.45, 7) is 14.1. The van der Waals surface area contributed by atoms with Gasteiger partial charge in [-0.3, -0.25) is 9.69 Å². The molecule has 3 fully saturated rings. The number of nitrogens with zero attached hydrogens (tertiary/aromatic N) is 2. The Kier molecular flexibility index (Phi) is 5.40. The van der Waals surface area contributed by atoms with Gasteiger partial charge in [0.1, 0.15) is 6.10 Å². The summed E-state index contributed by atoms with van der Waals surface area (Å²) in [4.78, 5) is 17.9. The molecule has 0 radical (unpaired) electrons. The van der Waals surface area contributed by atoms with Gasteiger partial charge in [0.15, 0.2) is 0 Å². The van der Waals surface area contributed by atoms with E-state index in [1.54, 1.807) is 11.1 Å².